The molecule has 2 aromatic rings. The van der Waals surface area contributed by atoms with Gasteiger partial charge in [0.25, 0.3) is 10.1 Å². The summed E-state index contributed by atoms with van der Waals surface area (Å²) in [5, 5.41) is 24.9. The molecule has 2 rings (SSSR count). The van der Waals surface area contributed by atoms with Gasteiger partial charge in [-0.3, -0.25) is 9.76 Å². The Kier molecular flexibility index (Phi) is 8.20. The first kappa shape index (κ1) is 21.9. The van der Waals surface area contributed by atoms with Crippen molar-refractivity contribution >= 4 is 22.3 Å². The van der Waals surface area contributed by atoms with Crippen LogP contribution >= 0.6 is 0 Å². The zero-order valence-electron chi connectivity index (χ0n) is 14.6. The average molecular weight is 396 g/mol. The van der Waals surface area contributed by atoms with Crippen molar-refractivity contribution < 1.29 is 28.0 Å². The van der Waals surface area contributed by atoms with Crippen molar-refractivity contribution in [3.63, 3.8) is 0 Å². The maximum absolute atomic E-state index is 10.5. The van der Waals surface area contributed by atoms with E-state index >= 15 is 0 Å². The van der Waals surface area contributed by atoms with Crippen molar-refractivity contribution in [1.82, 2.24) is 5.48 Å². The van der Waals surface area contributed by atoms with Gasteiger partial charge in [-0.2, -0.15) is 13.5 Å². The fourth-order valence-corrected chi connectivity index (χ4v) is 2.17. The maximum atomic E-state index is 10.5. The zero-order chi connectivity index (χ0) is 20.4. The molecule has 0 aliphatic rings. The lowest BCUT2D eigenvalue weighted by Crippen LogP contribution is -2.27. The number of ether oxygens (including phenoxy) is 1. The number of hydroxylamine groups is 1. The summed E-state index contributed by atoms with van der Waals surface area (Å²) >= 11 is 0. The fourth-order valence-electron chi connectivity index (χ4n) is 1.69. The molecule has 0 amide bonds. The van der Waals surface area contributed by atoms with Crippen molar-refractivity contribution in [2.24, 2.45) is 15.9 Å². The van der Waals surface area contributed by atoms with Gasteiger partial charge in [0.05, 0.1) is 18.2 Å². The summed E-state index contributed by atoms with van der Waals surface area (Å²) in [5.74, 6) is 0.0410. The van der Waals surface area contributed by atoms with E-state index in [1.807, 2.05) is 6.92 Å². The molecule has 0 fully saturated rings. The van der Waals surface area contributed by atoms with Crippen molar-refractivity contribution in [2.45, 2.75) is 11.8 Å². The molecule has 0 heterocycles. The number of phenolic OH excluding ortho intramolecular Hbond substituents is 1. The molecule has 6 N–H and O–H groups in total. The summed E-state index contributed by atoms with van der Waals surface area (Å²) in [5.41, 5.74) is 8.12. The number of aryl methyl sites for hydroxylation is 1. The Balaban J connectivity index is 0.000000289. The third-order valence-corrected chi connectivity index (χ3v) is 3.91. The van der Waals surface area contributed by atoms with E-state index in [1.165, 1.54) is 25.5 Å². The quantitative estimate of drug-likeness (QED) is 0.223. The Morgan fingerprint density at radius 2 is 1.85 bits per heavy atom. The topological polar surface area (TPSA) is 167 Å². The Morgan fingerprint density at radius 3 is 2.37 bits per heavy atom. The van der Waals surface area contributed by atoms with Crippen LogP contribution in [0.1, 0.15) is 11.1 Å². The first-order valence-electron chi connectivity index (χ1n) is 7.35. The second-order valence-corrected chi connectivity index (χ2v) is 6.45. The van der Waals surface area contributed by atoms with Gasteiger partial charge < -0.3 is 15.6 Å². The molecular formula is C16H20N4O6S. The van der Waals surface area contributed by atoms with Gasteiger partial charge >= 0.3 is 0 Å². The normalized spacial score (nSPS) is 11.6. The van der Waals surface area contributed by atoms with Crippen molar-refractivity contribution in [3.05, 3.63) is 53.6 Å². The summed E-state index contributed by atoms with van der Waals surface area (Å²) in [7, 11) is -2.57. The molecule has 0 atom stereocenters. The summed E-state index contributed by atoms with van der Waals surface area (Å²) in [6.45, 7) is 1.84. The van der Waals surface area contributed by atoms with Gasteiger partial charge in [0.15, 0.2) is 11.5 Å². The van der Waals surface area contributed by atoms with Gasteiger partial charge in [0.1, 0.15) is 0 Å². The Labute approximate surface area is 156 Å². The standard InChI is InChI=1S/C9H12N4O3.C7H8O3S/c1-16-7-4-2-3-6(8(7)14)5-11-12-9(10)13-15;1-6-2-4-7(5-3-6)11(8,9)10/h2-5,14-15H,1H3,(H3,10,12,13);2-5H,1H3,(H,8,9,10)/b11-5+;. The van der Waals surface area contributed by atoms with Gasteiger partial charge in [0.2, 0.25) is 5.96 Å². The zero-order valence-corrected chi connectivity index (χ0v) is 15.4. The van der Waals surface area contributed by atoms with E-state index in [2.05, 4.69) is 10.2 Å². The number of hydrogen-bond donors (Lipinski definition) is 5. The smallest absolute Gasteiger partial charge is 0.294 e. The van der Waals surface area contributed by atoms with Crippen LogP contribution in [0.5, 0.6) is 11.5 Å². The molecule has 27 heavy (non-hydrogen) atoms. The van der Waals surface area contributed by atoms with Crippen LogP contribution in [0.3, 0.4) is 0 Å². The summed E-state index contributed by atoms with van der Waals surface area (Å²) in [6, 6.07) is 10.9. The highest BCUT2D eigenvalue weighted by Gasteiger charge is 2.07. The SMILES string of the molecule is COc1cccc(/C=N/N=C(\N)NO)c1O.Cc1ccc(S(=O)(=O)O)cc1. The molecule has 0 bridgehead atoms. The molecule has 0 aromatic heterocycles. The number of aromatic hydroxyl groups is 1. The predicted octanol–water partition coefficient (Wildman–Crippen LogP) is 1.27. The van der Waals surface area contributed by atoms with Crippen molar-refractivity contribution in [1.29, 1.82) is 0 Å². The van der Waals surface area contributed by atoms with Crippen molar-refractivity contribution in [2.75, 3.05) is 7.11 Å². The van der Waals surface area contributed by atoms with Gasteiger partial charge in [-0.15, -0.1) is 5.10 Å². The van der Waals surface area contributed by atoms with Crippen LogP contribution in [0.4, 0.5) is 0 Å². The molecule has 0 aliphatic heterocycles. The van der Waals surface area contributed by atoms with Crippen LogP contribution in [-0.2, 0) is 10.1 Å². The number of guanidine groups is 1. The highest BCUT2D eigenvalue weighted by molar-refractivity contribution is 7.85. The minimum absolute atomic E-state index is 0.0421. The van der Waals surface area contributed by atoms with Crippen LogP contribution in [0.2, 0.25) is 0 Å². The molecule has 0 saturated heterocycles. The van der Waals surface area contributed by atoms with Gasteiger partial charge in [-0.25, -0.2) is 5.48 Å². The summed E-state index contributed by atoms with van der Waals surface area (Å²) in [6.07, 6.45) is 1.28. The number of hydrogen-bond acceptors (Lipinski definition) is 7. The maximum Gasteiger partial charge on any atom is 0.294 e. The average Bonchev–Trinajstić information content (AvgIpc) is 2.63. The molecule has 11 heteroatoms. The first-order chi connectivity index (χ1) is 12.7. The number of nitrogens with one attached hydrogen (secondary N) is 1. The van der Waals surface area contributed by atoms with Crippen LogP contribution in [0, 0.1) is 6.92 Å². The van der Waals surface area contributed by atoms with Gasteiger partial charge in [0, 0.05) is 5.56 Å². The molecular weight excluding hydrogens is 376 g/mol. The lowest BCUT2D eigenvalue weighted by Gasteiger charge is -2.04. The monoisotopic (exact) mass is 396 g/mol. The molecule has 0 aliphatic carbocycles. The lowest BCUT2D eigenvalue weighted by atomic mass is 10.2. The minimum atomic E-state index is -4.02. The number of nitrogens with two attached hydrogens (primary N) is 1. The van der Waals surface area contributed by atoms with Crippen LogP contribution in [0.25, 0.3) is 0 Å². The van der Waals surface area contributed by atoms with E-state index in [9.17, 15) is 13.5 Å². The Morgan fingerprint density at radius 1 is 1.22 bits per heavy atom. The molecule has 2 aromatic carbocycles. The van der Waals surface area contributed by atoms with E-state index in [0.29, 0.717) is 11.3 Å². The third kappa shape index (κ3) is 7.32. The van der Waals surface area contributed by atoms with Crippen LogP contribution in [0.15, 0.2) is 57.6 Å². The molecule has 0 spiro atoms. The number of methoxy groups -OCH3 is 1. The summed E-state index contributed by atoms with van der Waals surface area (Å²) < 4.78 is 34.5. The largest absolute Gasteiger partial charge is 0.504 e. The number of nitrogens with zero attached hydrogens (tertiary/aromatic N) is 2. The van der Waals surface area contributed by atoms with Gasteiger partial charge in [-0.1, -0.05) is 23.8 Å². The number of para-hydroxylation sites is 1. The van der Waals surface area contributed by atoms with E-state index in [0.717, 1.165) is 5.56 Å². The van der Waals surface area contributed by atoms with Gasteiger partial charge in [-0.05, 0) is 31.2 Å². The Hall–Kier alpha value is -3.15. The molecule has 10 nitrogen and oxygen atoms in total. The van der Waals surface area contributed by atoms with Crippen LogP contribution in [-0.4, -0.2) is 42.6 Å². The molecule has 0 saturated carbocycles. The highest BCUT2D eigenvalue weighted by atomic mass is 32.2. The summed E-state index contributed by atoms with van der Waals surface area (Å²) in [4.78, 5) is -0.0666. The van der Waals surface area contributed by atoms with E-state index in [4.69, 9.17) is 20.2 Å². The van der Waals surface area contributed by atoms with E-state index < -0.39 is 10.1 Å². The lowest BCUT2D eigenvalue weighted by molar-refractivity contribution is 0.232. The fraction of sp³-hybridized carbons (Fsp3) is 0.125. The molecule has 146 valence electrons. The molecule has 0 radical (unpaired) electrons. The van der Waals surface area contributed by atoms with Crippen LogP contribution < -0.4 is 16.0 Å². The number of benzene rings is 2. The Bertz CT molecular complexity index is 911. The third-order valence-electron chi connectivity index (χ3n) is 3.05. The van der Waals surface area contributed by atoms with E-state index in [-0.39, 0.29) is 16.6 Å². The predicted molar refractivity (Wildman–Crippen MR) is 99.8 cm³/mol. The second kappa shape index (κ2) is 10.1. The first-order valence-corrected chi connectivity index (χ1v) is 8.79. The minimum Gasteiger partial charge on any atom is -0.504 e. The number of phenols is 1. The van der Waals surface area contributed by atoms with E-state index in [1.54, 1.807) is 35.8 Å². The second-order valence-electron chi connectivity index (χ2n) is 5.03. The molecule has 0 unspecified atom stereocenters. The van der Waals surface area contributed by atoms with Crippen molar-refractivity contribution in [3.8, 4) is 11.5 Å². The highest BCUT2D eigenvalue weighted by Crippen LogP contribution is 2.27. The number of rotatable bonds is 4.